The predicted molar refractivity (Wildman–Crippen MR) is 104 cm³/mol. The second-order valence-electron chi connectivity index (χ2n) is 6.02. The molecule has 3 heterocycles. The highest BCUT2D eigenvalue weighted by atomic mass is 35.5. The van der Waals surface area contributed by atoms with Crippen molar-refractivity contribution in [2.45, 2.75) is 0 Å². The Morgan fingerprint density at radius 1 is 1.19 bits per heavy atom. The maximum Gasteiger partial charge on any atom is 0.255 e. The zero-order valence-corrected chi connectivity index (χ0v) is 15.8. The highest BCUT2D eigenvalue weighted by Gasteiger charge is 2.27. The maximum atomic E-state index is 12.7. The molecule has 1 aromatic carbocycles. The average molecular weight is 399 g/mol. The normalized spacial score (nSPS) is 14.2. The molecule has 0 saturated carbocycles. The van der Waals surface area contributed by atoms with Crippen molar-refractivity contribution in [3.63, 3.8) is 0 Å². The topological polar surface area (TPSA) is 73.4 Å². The van der Waals surface area contributed by atoms with E-state index in [4.69, 9.17) is 16.0 Å². The van der Waals surface area contributed by atoms with E-state index in [0.29, 0.717) is 48.5 Å². The Kier molecular flexibility index (Phi) is 4.84. The molecular formula is C19H15ClN4O2S. The van der Waals surface area contributed by atoms with E-state index in [2.05, 4.69) is 11.1 Å². The minimum atomic E-state index is -0.0856. The molecule has 1 aliphatic rings. The molecule has 1 aliphatic heterocycles. The number of carbonyl (C=O) groups excluding carboxylic acids is 1. The number of carbonyl (C=O) groups is 1. The van der Waals surface area contributed by atoms with E-state index in [1.807, 2.05) is 22.4 Å². The number of halogens is 1. The van der Waals surface area contributed by atoms with Gasteiger partial charge in [-0.2, -0.15) is 10.2 Å². The number of oxazole rings is 1. The number of piperazine rings is 1. The summed E-state index contributed by atoms with van der Waals surface area (Å²) in [5.41, 5.74) is 0.772. The summed E-state index contributed by atoms with van der Waals surface area (Å²) in [7, 11) is 0. The fourth-order valence-corrected chi connectivity index (χ4v) is 3.89. The number of aromatic nitrogens is 1. The van der Waals surface area contributed by atoms with Gasteiger partial charge in [0.25, 0.3) is 5.91 Å². The smallest absolute Gasteiger partial charge is 0.255 e. The van der Waals surface area contributed by atoms with Crippen molar-refractivity contribution in [3.8, 4) is 16.8 Å². The lowest BCUT2D eigenvalue weighted by Crippen LogP contribution is -2.49. The SMILES string of the molecule is N#Cc1nc(-c2cccs2)oc1N1CCN(C(=O)c2ccccc2Cl)CC1. The van der Waals surface area contributed by atoms with Crippen LogP contribution in [-0.4, -0.2) is 42.0 Å². The Labute approximate surface area is 165 Å². The van der Waals surface area contributed by atoms with Crippen LogP contribution in [0.25, 0.3) is 10.8 Å². The summed E-state index contributed by atoms with van der Waals surface area (Å²) in [6.45, 7) is 2.15. The molecule has 1 amide bonds. The van der Waals surface area contributed by atoms with Crippen LogP contribution in [0.15, 0.2) is 46.2 Å². The standard InChI is InChI=1S/C19H15ClN4O2S/c20-14-5-2-1-4-13(14)18(25)23-7-9-24(10-8-23)19-15(12-21)22-17(26-19)16-6-3-11-27-16/h1-6,11H,7-10H2. The Balaban J connectivity index is 1.49. The first kappa shape index (κ1) is 17.6. The highest BCUT2D eigenvalue weighted by molar-refractivity contribution is 7.13. The lowest BCUT2D eigenvalue weighted by atomic mass is 10.2. The van der Waals surface area contributed by atoms with Crippen LogP contribution in [0.4, 0.5) is 5.88 Å². The number of thiophene rings is 1. The largest absolute Gasteiger partial charge is 0.418 e. The molecule has 3 aromatic rings. The molecule has 8 heteroatoms. The molecule has 1 fully saturated rings. The van der Waals surface area contributed by atoms with Crippen molar-refractivity contribution < 1.29 is 9.21 Å². The number of rotatable bonds is 3. The van der Waals surface area contributed by atoms with Gasteiger partial charge in [-0.05, 0) is 23.6 Å². The van der Waals surface area contributed by atoms with Crippen molar-refractivity contribution in [1.82, 2.24) is 9.88 Å². The van der Waals surface area contributed by atoms with Gasteiger partial charge in [-0.15, -0.1) is 11.3 Å². The Bertz CT molecular complexity index is 1000. The van der Waals surface area contributed by atoms with Gasteiger partial charge >= 0.3 is 0 Å². The molecule has 1 saturated heterocycles. The third kappa shape index (κ3) is 3.42. The Morgan fingerprint density at radius 3 is 2.63 bits per heavy atom. The number of hydrogen-bond acceptors (Lipinski definition) is 6. The molecule has 6 nitrogen and oxygen atoms in total. The monoisotopic (exact) mass is 398 g/mol. The lowest BCUT2D eigenvalue weighted by Gasteiger charge is -2.34. The van der Waals surface area contributed by atoms with Crippen LogP contribution in [0.5, 0.6) is 0 Å². The molecular weight excluding hydrogens is 384 g/mol. The van der Waals surface area contributed by atoms with Crippen LogP contribution in [0, 0.1) is 11.3 Å². The molecule has 0 unspecified atom stereocenters. The van der Waals surface area contributed by atoms with Crippen LogP contribution >= 0.6 is 22.9 Å². The predicted octanol–water partition coefficient (Wildman–Crippen LogP) is 3.89. The second-order valence-corrected chi connectivity index (χ2v) is 7.38. The zero-order chi connectivity index (χ0) is 18.8. The number of benzene rings is 1. The molecule has 0 radical (unpaired) electrons. The summed E-state index contributed by atoms with van der Waals surface area (Å²) in [5.74, 6) is 0.828. The van der Waals surface area contributed by atoms with Gasteiger partial charge in [0.1, 0.15) is 6.07 Å². The molecule has 0 bridgehead atoms. The van der Waals surface area contributed by atoms with Crippen LogP contribution < -0.4 is 4.90 Å². The van der Waals surface area contributed by atoms with Gasteiger partial charge in [0, 0.05) is 26.2 Å². The molecule has 0 spiro atoms. The van der Waals surface area contributed by atoms with Gasteiger partial charge in [-0.1, -0.05) is 29.8 Å². The number of nitriles is 1. The minimum Gasteiger partial charge on any atom is -0.418 e. The van der Waals surface area contributed by atoms with Gasteiger partial charge in [-0.3, -0.25) is 4.79 Å². The van der Waals surface area contributed by atoms with E-state index in [0.717, 1.165) is 4.88 Å². The van der Waals surface area contributed by atoms with Crippen LogP contribution in [-0.2, 0) is 0 Å². The molecule has 0 N–H and O–H groups in total. The minimum absolute atomic E-state index is 0.0856. The molecule has 0 atom stereocenters. The molecule has 136 valence electrons. The van der Waals surface area contributed by atoms with Gasteiger partial charge in [0.15, 0.2) is 0 Å². The fourth-order valence-electron chi connectivity index (χ4n) is 3.02. The first-order valence-corrected chi connectivity index (χ1v) is 9.66. The molecule has 2 aromatic heterocycles. The fraction of sp³-hybridized carbons (Fsp3) is 0.211. The number of hydrogen-bond donors (Lipinski definition) is 0. The van der Waals surface area contributed by atoms with Gasteiger partial charge < -0.3 is 14.2 Å². The Morgan fingerprint density at radius 2 is 1.96 bits per heavy atom. The number of amides is 1. The second kappa shape index (κ2) is 7.43. The first-order chi connectivity index (χ1) is 13.2. The van der Waals surface area contributed by atoms with Crippen molar-refractivity contribution >= 4 is 34.7 Å². The van der Waals surface area contributed by atoms with Crippen molar-refractivity contribution in [3.05, 3.63) is 58.1 Å². The van der Waals surface area contributed by atoms with Crippen LogP contribution in [0.3, 0.4) is 0 Å². The third-order valence-electron chi connectivity index (χ3n) is 4.41. The first-order valence-electron chi connectivity index (χ1n) is 8.41. The summed E-state index contributed by atoms with van der Waals surface area (Å²) in [4.78, 5) is 21.6. The maximum absolute atomic E-state index is 12.7. The molecule has 4 rings (SSSR count). The van der Waals surface area contributed by atoms with Gasteiger partial charge in [0.2, 0.25) is 17.5 Å². The quantitative estimate of drug-likeness (QED) is 0.669. The lowest BCUT2D eigenvalue weighted by molar-refractivity contribution is 0.0745. The van der Waals surface area contributed by atoms with Crippen LogP contribution in [0.1, 0.15) is 16.1 Å². The molecule has 0 aliphatic carbocycles. The molecule has 27 heavy (non-hydrogen) atoms. The average Bonchev–Trinajstić information content (AvgIpc) is 3.37. The van der Waals surface area contributed by atoms with Gasteiger partial charge in [-0.25, -0.2) is 0 Å². The summed E-state index contributed by atoms with van der Waals surface area (Å²) in [6, 6.07) is 13.0. The van der Waals surface area contributed by atoms with Gasteiger partial charge in [0.05, 0.1) is 15.5 Å². The number of anilines is 1. The van der Waals surface area contributed by atoms with Crippen molar-refractivity contribution in [2.75, 3.05) is 31.1 Å². The van der Waals surface area contributed by atoms with Crippen molar-refractivity contribution in [2.24, 2.45) is 0 Å². The van der Waals surface area contributed by atoms with E-state index in [1.165, 1.54) is 11.3 Å². The summed E-state index contributed by atoms with van der Waals surface area (Å²) >= 11 is 7.65. The zero-order valence-electron chi connectivity index (χ0n) is 14.3. The summed E-state index contributed by atoms with van der Waals surface area (Å²) < 4.78 is 5.87. The highest BCUT2D eigenvalue weighted by Crippen LogP contribution is 2.31. The van der Waals surface area contributed by atoms with Crippen LogP contribution in [0.2, 0.25) is 5.02 Å². The van der Waals surface area contributed by atoms with Crippen molar-refractivity contribution in [1.29, 1.82) is 5.26 Å². The van der Waals surface area contributed by atoms with E-state index >= 15 is 0 Å². The summed E-state index contributed by atoms with van der Waals surface area (Å²) in [5, 5.41) is 11.8. The van der Waals surface area contributed by atoms with E-state index in [9.17, 15) is 10.1 Å². The van der Waals surface area contributed by atoms with E-state index in [1.54, 1.807) is 29.2 Å². The number of nitrogens with zero attached hydrogens (tertiary/aromatic N) is 4. The van der Waals surface area contributed by atoms with E-state index in [-0.39, 0.29) is 11.6 Å². The summed E-state index contributed by atoms with van der Waals surface area (Å²) in [6.07, 6.45) is 0. The van der Waals surface area contributed by atoms with E-state index < -0.39 is 0 Å². The third-order valence-corrected chi connectivity index (χ3v) is 5.59. The Hall–Kier alpha value is -2.82.